The van der Waals surface area contributed by atoms with Crippen LogP contribution in [0.4, 0.5) is 0 Å². The average Bonchev–Trinajstić information content (AvgIpc) is 2.23. The average molecular weight is 312 g/mol. The first-order valence-electron chi connectivity index (χ1n) is 6.18. The van der Waals surface area contributed by atoms with Gasteiger partial charge in [0.1, 0.15) is 0 Å². The largest absolute Gasteiger partial charge is 0.481 e. The SMILES string of the molecule is CN(Cc1cccc(Br)c1)CC1(C(=O)O)CCC1. The summed E-state index contributed by atoms with van der Waals surface area (Å²) in [5, 5.41) is 9.31. The third-order valence-electron chi connectivity index (χ3n) is 3.68. The molecule has 0 spiro atoms. The fourth-order valence-corrected chi connectivity index (χ4v) is 3.01. The van der Waals surface area contributed by atoms with Crippen LogP contribution in [0.1, 0.15) is 24.8 Å². The smallest absolute Gasteiger partial charge is 0.310 e. The predicted molar refractivity (Wildman–Crippen MR) is 74.4 cm³/mol. The number of carbonyl (C=O) groups is 1. The lowest BCUT2D eigenvalue weighted by atomic mass is 9.68. The van der Waals surface area contributed by atoms with Gasteiger partial charge in [-0.1, -0.05) is 34.5 Å². The Kier molecular flexibility index (Phi) is 4.07. The zero-order valence-corrected chi connectivity index (χ0v) is 12.1. The van der Waals surface area contributed by atoms with E-state index in [2.05, 4.69) is 33.0 Å². The standard InChI is InChI=1S/C14H18BrNO2/c1-16(9-11-4-2-5-12(15)8-11)10-14(13(17)18)6-3-7-14/h2,4-5,8H,3,6-7,9-10H2,1H3,(H,17,18). The highest BCUT2D eigenvalue weighted by Gasteiger charge is 2.44. The van der Waals surface area contributed by atoms with Crippen molar-refractivity contribution in [3.63, 3.8) is 0 Å². The molecule has 1 fully saturated rings. The van der Waals surface area contributed by atoms with E-state index in [4.69, 9.17) is 0 Å². The Morgan fingerprint density at radius 3 is 2.72 bits per heavy atom. The fraction of sp³-hybridized carbons (Fsp3) is 0.500. The molecular weight excluding hydrogens is 294 g/mol. The van der Waals surface area contributed by atoms with Crippen LogP contribution in [0.15, 0.2) is 28.7 Å². The predicted octanol–water partition coefficient (Wildman–Crippen LogP) is 3.14. The molecule has 0 aliphatic heterocycles. The molecule has 4 heteroatoms. The maximum absolute atomic E-state index is 11.3. The van der Waals surface area contributed by atoms with E-state index >= 15 is 0 Å². The van der Waals surface area contributed by atoms with Crippen LogP contribution in [0.2, 0.25) is 0 Å². The Morgan fingerprint density at radius 1 is 1.50 bits per heavy atom. The lowest BCUT2D eigenvalue weighted by Gasteiger charge is -2.40. The van der Waals surface area contributed by atoms with E-state index < -0.39 is 11.4 Å². The number of carboxylic acids is 1. The molecule has 0 atom stereocenters. The van der Waals surface area contributed by atoms with Crippen molar-refractivity contribution in [1.29, 1.82) is 0 Å². The molecule has 98 valence electrons. The zero-order chi connectivity index (χ0) is 13.2. The maximum Gasteiger partial charge on any atom is 0.310 e. The third-order valence-corrected chi connectivity index (χ3v) is 4.17. The number of aliphatic carboxylic acids is 1. The first kappa shape index (κ1) is 13.6. The number of nitrogens with zero attached hydrogens (tertiary/aromatic N) is 1. The molecule has 0 aromatic heterocycles. The van der Waals surface area contributed by atoms with Crippen molar-refractivity contribution in [2.45, 2.75) is 25.8 Å². The molecule has 0 amide bonds. The maximum atomic E-state index is 11.3. The van der Waals surface area contributed by atoms with Crippen LogP contribution in [-0.4, -0.2) is 29.6 Å². The minimum absolute atomic E-state index is 0.499. The van der Waals surface area contributed by atoms with Crippen LogP contribution in [0, 0.1) is 5.41 Å². The van der Waals surface area contributed by atoms with Crippen molar-refractivity contribution >= 4 is 21.9 Å². The van der Waals surface area contributed by atoms with Crippen LogP contribution >= 0.6 is 15.9 Å². The summed E-state index contributed by atoms with van der Waals surface area (Å²) in [5.41, 5.74) is 0.701. The van der Waals surface area contributed by atoms with Gasteiger partial charge in [-0.25, -0.2) is 0 Å². The van der Waals surface area contributed by atoms with E-state index in [1.807, 2.05) is 19.2 Å². The summed E-state index contributed by atoms with van der Waals surface area (Å²) in [6, 6.07) is 8.14. The van der Waals surface area contributed by atoms with E-state index in [-0.39, 0.29) is 0 Å². The number of halogens is 1. The Balaban J connectivity index is 1.96. The van der Waals surface area contributed by atoms with Crippen LogP contribution in [0.5, 0.6) is 0 Å². The lowest BCUT2D eigenvalue weighted by Crippen LogP contribution is -2.46. The molecule has 1 aliphatic rings. The van der Waals surface area contributed by atoms with Gasteiger partial charge in [0.05, 0.1) is 5.41 Å². The number of hydrogen-bond acceptors (Lipinski definition) is 2. The highest BCUT2D eigenvalue weighted by molar-refractivity contribution is 9.10. The Hall–Kier alpha value is -0.870. The molecule has 0 unspecified atom stereocenters. The molecule has 1 aromatic carbocycles. The van der Waals surface area contributed by atoms with E-state index in [1.54, 1.807) is 0 Å². The summed E-state index contributed by atoms with van der Waals surface area (Å²) in [6.45, 7) is 1.42. The third kappa shape index (κ3) is 2.93. The Labute approximate surface area is 116 Å². The van der Waals surface area contributed by atoms with Crippen molar-refractivity contribution in [3.05, 3.63) is 34.3 Å². The molecule has 1 aromatic rings. The van der Waals surface area contributed by atoms with Gasteiger partial charge >= 0.3 is 5.97 Å². The number of benzene rings is 1. The van der Waals surface area contributed by atoms with Crippen molar-refractivity contribution < 1.29 is 9.90 Å². The summed E-state index contributed by atoms with van der Waals surface area (Å²) in [6.07, 6.45) is 2.66. The second-order valence-corrected chi connectivity index (χ2v) is 6.16. The molecule has 1 saturated carbocycles. The molecule has 0 radical (unpaired) electrons. The van der Waals surface area contributed by atoms with Gasteiger partial charge < -0.3 is 10.0 Å². The number of rotatable bonds is 5. The Bertz CT molecular complexity index is 443. The zero-order valence-electron chi connectivity index (χ0n) is 10.5. The quantitative estimate of drug-likeness (QED) is 0.908. The van der Waals surface area contributed by atoms with E-state index in [9.17, 15) is 9.90 Å². The van der Waals surface area contributed by atoms with E-state index in [0.717, 1.165) is 30.3 Å². The summed E-state index contributed by atoms with van der Waals surface area (Å²) < 4.78 is 1.06. The minimum atomic E-state index is -0.644. The Morgan fingerprint density at radius 2 is 2.22 bits per heavy atom. The molecular formula is C14H18BrNO2. The molecule has 0 heterocycles. The van der Waals surface area contributed by atoms with E-state index in [1.165, 1.54) is 5.56 Å². The van der Waals surface area contributed by atoms with Crippen LogP contribution in [0.25, 0.3) is 0 Å². The van der Waals surface area contributed by atoms with Gasteiger partial charge in [-0.3, -0.25) is 4.79 Å². The lowest BCUT2D eigenvalue weighted by molar-refractivity contribution is -0.156. The summed E-state index contributed by atoms with van der Waals surface area (Å²) in [5.74, 6) is -0.644. The van der Waals surface area contributed by atoms with Gasteiger partial charge in [-0.2, -0.15) is 0 Å². The molecule has 3 nitrogen and oxygen atoms in total. The van der Waals surface area contributed by atoms with Gasteiger partial charge in [-0.15, -0.1) is 0 Å². The molecule has 0 bridgehead atoms. The first-order chi connectivity index (χ1) is 8.52. The van der Waals surface area contributed by atoms with Crippen molar-refractivity contribution in [1.82, 2.24) is 4.90 Å². The van der Waals surface area contributed by atoms with Crippen LogP contribution in [-0.2, 0) is 11.3 Å². The van der Waals surface area contributed by atoms with E-state index in [0.29, 0.717) is 6.54 Å². The van der Waals surface area contributed by atoms with Gasteiger partial charge in [-0.05, 0) is 37.6 Å². The highest BCUT2D eigenvalue weighted by atomic mass is 79.9. The molecule has 2 rings (SSSR count). The highest BCUT2D eigenvalue weighted by Crippen LogP contribution is 2.41. The molecule has 1 N–H and O–H groups in total. The van der Waals surface area contributed by atoms with Crippen molar-refractivity contribution in [3.8, 4) is 0 Å². The van der Waals surface area contributed by atoms with Gasteiger partial charge in [0.25, 0.3) is 0 Å². The van der Waals surface area contributed by atoms with Gasteiger partial charge in [0.2, 0.25) is 0 Å². The van der Waals surface area contributed by atoms with Crippen molar-refractivity contribution in [2.24, 2.45) is 5.41 Å². The van der Waals surface area contributed by atoms with Gasteiger partial charge in [0, 0.05) is 17.6 Å². The summed E-state index contributed by atoms with van der Waals surface area (Å²) >= 11 is 3.45. The molecule has 1 aliphatic carbocycles. The van der Waals surface area contributed by atoms with Crippen LogP contribution < -0.4 is 0 Å². The minimum Gasteiger partial charge on any atom is -0.481 e. The van der Waals surface area contributed by atoms with Crippen molar-refractivity contribution in [2.75, 3.05) is 13.6 Å². The summed E-state index contributed by atoms with van der Waals surface area (Å²) in [4.78, 5) is 13.4. The monoisotopic (exact) mass is 311 g/mol. The fourth-order valence-electron chi connectivity index (χ4n) is 2.56. The normalized spacial score (nSPS) is 17.5. The van der Waals surface area contributed by atoms with Gasteiger partial charge in [0.15, 0.2) is 0 Å². The molecule has 18 heavy (non-hydrogen) atoms. The number of carboxylic acid groups (broad SMARTS) is 1. The number of hydrogen-bond donors (Lipinski definition) is 1. The second-order valence-electron chi connectivity index (χ2n) is 5.24. The topological polar surface area (TPSA) is 40.5 Å². The second kappa shape index (κ2) is 5.41. The first-order valence-corrected chi connectivity index (χ1v) is 6.97. The summed E-state index contributed by atoms with van der Waals surface area (Å²) in [7, 11) is 1.99. The molecule has 0 saturated heterocycles. The van der Waals surface area contributed by atoms with Crippen LogP contribution in [0.3, 0.4) is 0 Å².